The molecular weight excluding hydrogens is 274 g/mol. The second kappa shape index (κ2) is 5.04. The molecule has 0 bridgehead atoms. The molecule has 0 radical (unpaired) electrons. The van der Waals surface area contributed by atoms with Crippen molar-refractivity contribution in [1.82, 2.24) is 9.97 Å². The summed E-state index contributed by atoms with van der Waals surface area (Å²) in [6.07, 6.45) is 2.37. The van der Waals surface area contributed by atoms with E-state index in [1.54, 1.807) is 7.05 Å². The van der Waals surface area contributed by atoms with Crippen molar-refractivity contribution >= 4 is 17.4 Å². The van der Waals surface area contributed by atoms with Crippen LogP contribution in [0.3, 0.4) is 0 Å². The van der Waals surface area contributed by atoms with Gasteiger partial charge in [-0.3, -0.25) is 0 Å². The molecule has 0 saturated carbocycles. The number of aliphatic hydroxyl groups is 1. The predicted molar refractivity (Wildman–Crippen MR) is 79.0 cm³/mol. The van der Waals surface area contributed by atoms with Crippen LogP contribution in [-0.2, 0) is 12.0 Å². The van der Waals surface area contributed by atoms with Crippen LogP contribution in [0.15, 0.2) is 30.3 Å². The SMILES string of the molecule is CNc1nc(Cl)nc2c1CCCC2(O)c1ccccc1. The van der Waals surface area contributed by atoms with E-state index in [9.17, 15) is 5.11 Å². The van der Waals surface area contributed by atoms with Gasteiger partial charge in [0, 0.05) is 12.6 Å². The summed E-state index contributed by atoms with van der Waals surface area (Å²) in [6.45, 7) is 0. The maximum absolute atomic E-state index is 11.2. The summed E-state index contributed by atoms with van der Waals surface area (Å²) < 4.78 is 0. The van der Waals surface area contributed by atoms with E-state index in [-0.39, 0.29) is 5.28 Å². The van der Waals surface area contributed by atoms with Crippen LogP contribution in [0.1, 0.15) is 29.7 Å². The third-order valence-corrected chi connectivity index (χ3v) is 3.99. The van der Waals surface area contributed by atoms with Gasteiger partial charge in [0.05, 0.1) is 5.69 Å². The molecule has 20 heavy (non-hydrogen) atoms. The lowest BCUT2D eigenvalue weighted by molar-refractivity contribution is 0.0567. The van der Waals surface area contributed by atoms with Gasteiger partial charge in [0.15, 0.2) is 0 Å². The van der Waals surface area contributed by atoms with Crippen LogP contribution >= 0.6 is 11.6 Å². The minimum atomic E-state index is -1.09. The summed E-state index contributed by atoms with van der Waals surface area (Å²) in [5.74, 6) is 0.703. The molecule has 1 aromatic carbocycles. The molecule has 1 aliphatic rings. The monoisotopic (exact) mass is 289 g/mol. The number of hydrogen-bond acceptors (Lipinski definition) is 4. The minimum absolute atomic E-state index is 0.157. The van der Waals surface area contributed by atoms with Gasteiger partial charge in [-0.1, -0.05) is 30.3 Å². The molecule has 0 saturated heterocycles. The Labute approximate surface area is 122 Å². The van der Waals surface area contributed by atoms with Gasteiger partial charge in [-0.2, -0.15) is 0 Å². The van der Waals surface area contributed by atoms with Gasteiger partial charge in [-0.15, -0.1) is 0 Å². The third kappa shape index (κ3) is 2.05. The second-order valence-corrected chi connectivity index (χ2v) is 5.34. The lowest BCUT2D eigenvalue weighted by atomic mass is 9.78. The van der Waals surface area contributed by atoms with E-state index in [0.29, 0.717) is 17.9 Å². The largest absolute Gasteiger partial charge is 0.379 e. The van der Waals surface area contributed by atoms with E-state index in [0.717, 1.165) is 24.0 Å². The van der Waals surface area contributed by atoms with Crippen molar-refractivity contribution in [3.63, 3.8) is 0 Å². The molecule has 5 heteroatoms. The van der Waals surface area contributed by atoms with Crippen molar-refractivity contribution in [2.45, 2.75) is 24.9 Å². The fourth-order valence-corrected chi connectivity index (χ4v) is 3.05. The number of nitrogens with one attached hydrogen (secondary N) is 1. The highest BCUT2D eigenvalue weighted by molar-refractivity contribution is 6.28. The number of fused-ring (bicyclic) bond motifs is 1. The Morgan fingerprint density at radius 2 is 2.00 bits per heavy atom. The lowest BCUT2D eigenvalue weighted by Crippen LogP contribution is -2.34. The summed E-state index contributed by atoms with van der Waals surface area (Å²) in [4.78, 5) is 8.51. The Balaban J connectivity index is 2.22. The zero-order valence-corrected chi connectivity index (χ0v) is 12.0. The van der Waals surface area contributed by atoms with Gasteiger partial charge in [0.2, 0.25) is 5.28 Å². The van der Waals surface area contributed by atoms with E-state index in [1.807, 2.05) is 30.3 Å². The molecule has 0 aliphatic heterocycles. The first-order valence-corrected chi connectivity index (χ1v) is 7.05. The van der Waals surface area contributed by atoms with Gasteiger partial charge in [0.1, 0.15) is 11.4 Å². The first-order valence-electron chi connectivity index (χ1n) is 6.67. The van der Waals surface area contributed by atoms with Crippen molar-refractivity contribution in [2.24, 2.45) is 0 Å². The molecule has 0 spiro atoms. The Morgan fingerprint density at radius 3 is 2.70 bits per heavy atom. The van der Waals surface area contributed by atoms with Crippen molar-refractivity contribution in [1.29, 1.82) is 0 Å². The number of aromatic nitrogens is 2. The number of nitrogens with zero attached hydrogens (tertiary/aromatic N) is 2. The molecule has 1 heterocycles. The van der Waals surface area contributed by atoms with Gasteiger partial charge >= 0.3 is 0 Å². The summed E-state index contributed by atoms with van der Waals surface area (Å²) in [5, 5.41) is 14.4. The molecule has 2 N–H and O–H groups in total. The van der Waals surface area contributed by atoms with Crippen LogP contribution in [0.4, 0.5) is 5.82 Å². The quantitative estimate of drug-likeness (QED) is 0.835. The van der Waals surface area contributed by atoms with Crippen LogP contribution in [0.25, 0.3) is 0 Å². The Morgan fingerprint density at radius 1 is 1.25 bits per heavy atom. The molecule has 104 valence electrons. The highest BCUT2D eigenvalue weighted by atomic mass is 35.5. The fourth-order valence-electron chi connectivity index (χ4n) is 2.88. The van der Waals surface area contributed by atoms with Crippen molar-refractivity contribution in [3.05, 3.63) is 52.4 Å². The molecular formula is C15H16ClN3O. The number of rotatable bonds is 2. The standard InChI is InChI=1S/C15H16ClN3O/c1-17-13-11-8-5-9-15(20,10-6-3-2-4-7-10)12(11)18-14(16)19-13/h2-4,6-7,20H,5,8-9H2,1H3,(H,17,18,19). The van der Waals surface area contributed by atoms with Crippen molar-refractivity contribution in [3.8, 4) is 0 Å². The Kier molecular flexibility index (Phi) is 3.36. The fraction of sp³-hybridized carbons (Fsp3) is 0.333. The zero-order valence-electron chi connectivity index (χ0n) is 11.2. The predicted octanol–water partition coefficient (Wildman–Crippen LogP) is 2.74. The maximum atomic E-state index is 11.2. The molecule has 3 rings (SSSR count). The van der Waals surface area contributed by atoms with E-state index < -0.39 is 5.60 Å². The van der Waals surface area contributed by atoms with Gasteiger partial charge in [-0.05, 0) is 36.4 Å². The average Bonchev–Trinajstić information content (AvgIpc) is 2.48. The van der Waals surface area contributed by atoms with Crippen LogP contribution in [0.2, 0.25) is 5.28 Å². The third-order valence-electron chi connectivity index (χ3n) is 3.83. The maximum Gasteiger partial charge on any atom is 0.224 e. The number of hydrogen-bond donors (Lipinski definition) is 2. The van der Waals surface area contributed by atoms with E-state index in [1.165, 1.54) is 0 Å². The van der Waals surface area contributed by atoms with E-state index in [4.69, 9.17) is 11.6 Å². The summed E-state index contributed by atoms with van der Waals surface area (Å²) in [5.41, 5.74) is 1.33. The van der Waals surface area contributed by atoms with Gasteiger partial charge < -0.3 is 10.4 Å². The Hall–Kier alpha value is -1.65. The van der Waals surface area contributed by atoms with Crippen LogP contribution < -0.4 is 5.32 Å². The first kappa shape index (κ1) is 13.3. The summed E-state index contributed by atoms with van der Waals surface area (Å²) in [6, 6.07) is 9.61. The summed E-state index contributed by atoms with van der Waals surface area (Å²) >= 11 is 6.00. The van der Waals surface area contributed by atoms with Crippen molar-refractivity contribution < 1.29 is 5.11 Å². The topological polar surface area (TPSA) is 58.0 Å². The van der Waals surface area contributed by atoms with Crippen LogP contribution in [0, 0.1) is 0 Å². The molecule has 0 fully saturated rings. The second-order valence-electron chi connectivity index (χ2n) is 5.00. The zero-order chi connectivity index (χ0) is 14.2. The number of anilines is 1. The van der Waals surface area contributed by atoms with Crippen LogP contribution in [0.5, 0.6) is 0 Å². The summed E-state index contributed by atoms with van der Waals surface area (Å²) in [7, 11) is 1.80. The highest BCUT2D eigenvalue weighted by Gasteiger charge is 2.39. The molecule has 1 aliphatic carbocycles. The molecule has 1 unspecified atom stereocenters. The lowest BCUT2D eigenvalue weighted by Gasteiger charge is -2.34. The first-order chi connectivity index (χ1) is 9.65. The smallest absolute Gasteiger partial charge is 0.224 e. The average molecular weight is 290 g/mol. The normalized spacial score (nSPS) is 21.4. The molecule has 0 amide bonds. The number of halogens is 1. The van der Waals surface area contributed by atoms with Crippen LogP contribution in [-0.4, -0.2) is 22.1 Å². The molecule has 4 nitrogen and oxygen atoms in total. The molecule has 1 aromatic heterocycles. The van der Waals surface area contributed by atoms with Gasteiger partial charge in [0.25, 0.3) is 0 Å². The van der Waals surface area contributed by atoms with Gasteiger partial charge in [-0.25, -0.2) is 9.97 Å². The van der Waals surface area contributed by atoms with Crippen molar-refractivity contribution in [2.75, 3.05) is 12.4 Å². The number of benzene rings is 1. The Bertz CT molecular complexity index is 633. The van der Waals surface area contributed by atoms with E-state index in [2.05, 4.69) is 15.3 Å². The van der Waals surface area contributed by atoms with E-state index >= 15 is 0 Å². The highest BCUT2D eigenvalue weighted by Crippen LogP contribution is 2.41. The molecule has 1 atom stereocenters. The minimum Gasteiger partial charge on any atom is -0.379 e. The molecule has 2 aromatic rings.